The van der Waals surface area contributed by atoms with Crippen LogP contribution in [-0.4, -0.2) is 56.1 Å². The van der Waals surface area contributed by atoms with Crippen molar-refractivity contribution in [2.45, 2.75) is 23.8 Å². The second-order valence-corrected chi connectivity index (χ2v) is 8.55. The monoisotopic (exact) mass is 420 g/mol. The summed E-state index contributed by atoms with van der Waals surface area (Å²) in [5.74, 6) is 1.60. The van der Waals surface area contributed by atoms with Crippen LogP contribution in [0.15, 0.2) is 35.5 Å². The molecule has 1 aliphatic heterocycles. The van der Waals surface area contributed by atoms with Crippen molar-refractivity contribution in [3.63, 3.8) is 0 Å². The minimum absolute atomic E-state index is 0.0334. The largest absolute Gasteiger partial charge is 0.356 e. The summed E-state index contributed by atoms with van der Waals surface area (Å²) in [6, 6.07) is 9.52. The SMILES string of the molecule is C[NH+](C)CCNC(=O)c1ccc(CSc2nc(Cl)cc(N3CCCC3)n2)cc1. The zero-order chi connectivity index (χ0) is 19.9. The first-order chi connectivity index (χ1) is 13.5. The van der Waals surface area contributed by atoms with Crippen LogP contribution in [0.2, 0.25) is 5.15 Å². The van der Waals surface area contributed by atoms with Crippen LogP contribution in [0.1, 0.15) is 28.8 Å². The average Bonchev–Trinajstić information content (AvgIpc) is 3.21. The van der Waals surface area contributed by atoms with Gasteiger partial charge in [-0.1, -0.05) is 35.5 Å². The van der Waals surface area contributed by atoms with E-state index < -0.39 is 0 Å². The molecule has 1 aliphatic rings. The number of carbonyl (C=O) groups is 1. The first-order valence-corrected chi connectivity index (χ1v) is 11.0. The highest BCUT2D eigenvalue weighted by atomic mass is 35.5. The molecule has 1 fully saturated rings. The third-order valence-corrected chi connectivity index (χ3v) is 5.70. The van der Waals surface area contributed by atoms with Crippen LogP contribution < -0.4 is 15.1 Å². The fourth-order valence-electron chi connectivity index (χ4n) is 2.99. The summed E-state index contributed by atoms with van der Waals surface area (Å²) in [5.41, 5.74) is 1.79. The average molecular weight is 421 g/mol. The lowest BCUT2D eigenvalue weighted by Gasteiger charge is -2.16. The molecule has 28 heavy (non-hydrogen) atoms. The van der Waals surface area contributed by atoms with Gasteiger partial charge in [0.15, 0.2) is 5.16 Å². The van der Waals surface area contributed by atoms with Gasteiger partial charge in [-0.15, -0.1) is 0 Å². The van der Waals surface area contributed by atoms with Crippen LogP contribution in [-0.2, 0) is 5.75 Å². The molecule has 8 heteroatoms. The quantitative estimate of drug-likeness (QED) is 0.388. The molecule has 2 heterocycles. The number of hydrogen-bond acceptors (Lipinski definition) is 5. The number of aromatic nitrogens is 2. The molecule has 0 saturated carbocycles. The number of nitrogens with zero attached hydrogens (tertiary/aromatic N) is 3. The third-order valence-electron chi connectivity index (χ3n) is 4.59. The first-order valence-electron chi connectivity index (χ1n) is 9.60. The number of halogens is 1. The Kier molecular flexibility index (Phi) is 7.53. The van der Waals surface area contributed by atoms with Gasteiger partial charge in [-0.25, -0.2) is 9.97 Å². The van der Waals surface area contributed by atoms with E-state index in [-0.39, 0.29) is 5.91 Å². The lowest BCUT2D eigenvalue weighted by Crippen LogP contribution is -3.06. The summed E-state index contributed by atoms with van der Waals surface area (Å²) in [6.07, 6.45) is 2.39. The topological polar surface area (TPSA) is 62.6 Å². The number of likely N-dealkylation sites (N-methyl/N-ethyl adjacent to an activating group) is 1. The molecule has 1 saturated heterocycles. The van der Waals surface area contributed by atoms with E-state index in [0.29, 0.717) is 22.4 Å². The second kappa shape index (κ2) is 10.1. The van der Waals surface area contributed by atoms with Crippen molar-refractivity contribution < 1.29 is 9.69 Å². The molecule has 3 rings (SSSR count). The Morgan fingerprint density at radius 2 is 1.93 bits per heavy atom. The van der Waals surface area contributed by atoms with Crippen LogP contribution in [0, 0.1) is 0 Å². The van der Waals surface area contributed by atoms with E-state index >= 15 is 0 Å². The maximum Gasteiger partial charge on any atom is 0.251 e. The van der Waals surface area contributed by atoms with Crippen molar-refractivity contribution in [1.82, 2.24) is 15.3 Å². The van der Waals surface area contributed by atoms with Crippen LogP contribution in [0.5, 0.6) is 0 Å². The summed E-state index contributed by atoms with van der Waals surface area (Å²) >= 11 is 7.75. The molecule has 1 aromatic carbocycles. The molecule has 0 bridgehead atoms. The predicted molar refractivity (Wildman–Crippen MR) is 115 cm³/mol. The van der Waals surface area contributed by atoms with Crippen LogP contribution in [0.4, 0.5) is 5.82 Å². The molecule has 150 valence electrons. The standard InChI is InChI=1S/C20H26ClN5OS/c1-25(2)12-9-22-19(27)16-7-5-15(6-8-16)14-28-20-23-17(21)13-18(24-20)26-10-3-4-11-26/h5-8,13H,3-4,9-12,14H2,1-2H3,(H,22,27)/p+1. The van der Waals surface area contributed by atoms with Gasteiger partial charge in [0.05, 0.1) is 27.2 Å². The highest BCUT2D eigenvalue weighted by Crippen LogP contribution is 2.26. The lowest BCUT2D eigenvalue weighted by molar-refractivity contribution is -0.856. The maximum atomic E-state index is 12.2. The molecule has 2 N–H and O–H groups in total. The van der Waals surface area contributed by atoms with E-state index in [1.165, 1.54) is 17.7 Å². The Morgan fingerprint density at radius 1 is 1.21 bits per heavy atom. The van der Waals surface area contributed by atoms with Gasteiger partial charge in [0.2, 0.25) is 0 Å². The van der Waals surface area contributed by atoms with Crippen molar-refractivity contribution in [3.8, 4) is 0 Å². The number of rotatable bonds is 8. The number of thioether (sulfide) groups is 1. The number of hydrogen-bond donors (Lipinski definition) is 2. The Bertz CT molecular complexity index is 794. The number of quaternary nitrogens is 1. The fourth-order valence-corrected chi connectivity index (χ4v) is 4.02. The molecule has 0 aliphatic carbocycles. The van der Waals surface area contributed by atoms with Gasteiger partial charge >= 0.3 is 0 Å². The van der Waals surface area contributed by atoms with Crippen molar-refractivity contribution in [3.05, 3.63) is 46.6 Å². The summed E-state index contributed by atoms with van der Waals surface area (Å²) in [7, 11) is 4.13. The highest BCUT2D eigenvalue weighted by molar-refractivity contribution is 7.98. The normalized spacial score (nSPS) is 13.9. The summed E-state index contributed by atoms with van der Waals surface area (Å²) in [4.78, 5) is 24.7. The van der Waals surface area contributed by atoms with Crippen molar-refractivity contribution in [2.75, 3.05) is 45.2 Å². The van der Waals surface area contributed by atoms with E-state index in [0.717, 1.165) is 36.8 Å². The Balaban J connectivity index is 1.55. The maximum absolute atomic E-state index is 12.2. The van der Waals surface area contributed by atoms with E-state index in [9.17, 15) is 4.79 Å². The van der Waals surface area contributed by atoms with E-state index in [1.54, 1.807) is 11.8 Å². The van der Waals surface area contributed by atoms with Gasteiger partial charge in [0, 0.05) is 30.5 Å². The molecule has 0 radical (unpaired) electrons. The first kappa shape index (κ1) is 20.9. The zero-order valence-electron chi connectivity index (χ0n) is 16.4. The molecule has 2 aromatic rings. The van der Waals surface area contributed by atoms with Gasteiger partial charge in [0.25, 0.3) is 5.91 Å². The van der Waals surface area contributed by atoms with Gasteiger partial charge in [-0.2, -0.15) is 0 Å². The van der Waals surface area contributed by atoms with Crippen LogP contribution in [0.25, 0.3) is 0 Å². The summed E-state index contributed by atoms with van der Waals surface area (Å²) in [6.45, 7) is 3.62. The molecule has 1 amide bonds. The fraction of sp³-hybridized carbons (Fsp3) is 0.450. The highest BCUT2D eigenvalue weighted by Gasteiger charge is 2.15. The van der Waals surface area contributed by atoms with E-state index in [1.807, 2.05) is 30.3 Å². The second-order valence-electron chi connectivity index (χ2n) is 7.22. The smallest absolute Gasteiger partial charge is 0.251 e. The molecule has 0 spiro atoms. The number of carbonyl (C=O) groups excluding carboxylic acids is 1. The van der Waals surface area contributed by atoms with Crippen molar-refractivity contribution >= 4 is 35.1 Å². The Hall–Kier alpha value is -1.83. The Morgan fingerprint density at radius 3 is 2.61 bits per heavy atom. The summed E-state index contributed by atoms with van der Waals surface area (Å²) in [5, 5.41) is 4.10. The number of nitrogens with one attached hydrogen (secondary N) is 2. The molecule has 6 nitrogen and oxygen atoms in total. The van der Waals surface area contributed by atoms with E-state index in [4.69, 9.17) is 11.6 Å². The number of anilines is 1. The molecule has 1 aromatic heterocycles. The molecule has 0 unspecified atom stereocenters. The minimum Gasteiger partial charge on any atom is -0.356 e. The predicted octanol–water partition coefficient (Wildman–Crippen LogP) is 1.90. The third kappa shape index (κ3) is 6.09. The van der Waals surface area contributed by atoms with Gasteiger partial charge in [0.1, 0.15) is 11.0 Å². The van der Waals surface area contributed by atoms with Crippen LogP contribution in [0.3, 0.4) is 0 Å². The van der Waals surface area contributed by atoms with E-state index in [2.05, 4.69) is 34.3 Å². The number of benzene rings is 1. The molecule has 0 atom stereocenters. The van der Waals surface area contributed by atoms with Gasteiger partial charge in [-0.05, 0) is 30.5 Å². The minimum atomic E-state index is -0.0334. The van der Waals surface area contributed by atoms with Crippen LogP contribution >= 0.6 is 23.4 Å². The molecular weight excluding hydrogens is 394 g/mol. The van der Waals surface area contributed by atoms with Crippen molar-refractivity contribution in [2.24, 2.45) is 0 Å². The lowest BCUT2D eigenvalue weighted by atomic mass is 10.1. The van der Waals surface area contributed by atoms with Crippen molar-refractivity contribution in [1.29, 1.82) is 0 Å². The Labute approximate surface area is 175 Å². The van der Waals surface area contributed by atoms with Gasteiger partial charge < -0.3 is 15.1 Å². The van der Waals surface area contributed by atoms with Gasteiger partial charge in [-0.3, -0.25) is 4.79 Å². The number of amides is 1. The molecular formula is C20H27ClN5OS+. The summed E-state index contributed by atoms with van der Waals surface area (Å²) < 4.78 is 0. The zero-order valence-corrected chi connectivity index (χ0v) is 17.9.